The number of benzene rings is 2. The van der Waals surface area contributed by atoms with Crippen LogP contribution < -0.4 is 15.8 Å². The second-order valence-electron chi connectivity index (χ2n) is 6.44. The Bertz CT molecular complexity index is 1080. The molecule has 6 nitrogen and oxygen atoms in total. The van der Waals surface area contributed by atoms with E-state index in [9.17, 15) is 14.4 Å². The zero-order chi connectivity index (χ0) is 20.8. The van der Waals surface area contributed by atoms with Crippen LogP contribution in [0.25, 0.3) is 0 Å². The minimum Gasteiger partial charge on any atom is -0.347 e. The van der Waals surface area contributed by atoms with Crippen molar-refractivity contribution in [2.45, 2.75) is 13.1 Å². The molecule has 0 unspecified atom stereocenters. The Hall–Kier alpha value is -3.38. The first-order valence-corrected chi connectivity index (χ1v) is 9.37. The van der Waals surface area contributed by atoms with Crippen LogP contribution in [0, 0.1) is 0 Å². The number of likely N-dealkylation sites (N-methyl/N-ethyl adjacent to an activating group) is 1. The van der Waals surface area contributed by atoms with Crippen LogP contribution in [-0.4, -0.2) is 23.4 Å². The van der Waals surface area contributed by atoms with Gasteiger partial charge in [-0.25, -0.2) is 0 Å². The molecule has 0 fully saturated rings. The maximum absolute atomic E-state index is 12.7. The van der Waals surface area contributed by atoms with E-state index in [2.05, 4.69) is 5.32 Å². The highest BCUT2D eigenvalue weighted by Gasteiger charge is 2.17. The SMILES string of the molecule is CN(C(=O)Cn1c(C(=O)NCc2cccc(Cl)c2)cccc1=O)c1ccccc1. The minimum atomic E-state index is -0.446. The molecule has 0 atom stereocenters. The number of hydrogen-bond acceptors (Lipinski definition) is 3. The Labute approximate surface area is 173 Å². The van der Waals surface area contributed by atoms with Gasteiger partial charge in [0.1, 0.15) is 12.2 Å². The fourth-order valence-corrected chi connectivity index (χ4v) is 3.05. The standard InChI is InChI=1S/C22H20ClN3O3/c1-25(18-9-3-2-4-10-18)21(28)15-26-19(11-6-12-20(26)27)22(29)24-14-16-7-5-8-17(23)13-16/h2-13H,14-15H2,1H3,(H,24,29). The van der Waals surface area contributed by atoms with Gasteiger partial charge < -0.3 is 10.2 Å². The number of hydrogen-bond donors (Lipinski definition) is 1. The van der Waals surface area contributed by atoms with Crippen molar-refractivity contribution in [3.8, 4) is 0 Å². The Balaban J connectivity index is 1.77. The molecule has 3 aromatic rings. The van der Waals surface area contributed by atoms with Crippen molar-refractivity contribution in [1.82, 2.24) is 9.88 Å². The molecule has 1 aromatic heterocycles. The van der Waals surface area contributed by atoms with E-state index in [1.807, 2.05) is 24.3 Å². The van der Waals surface area contributed by atoms with E-state index in [1.54, 1.807) is 37.4 Å². The largest absolute Gasteiger partial charge is 0.347 e. The number of anilines is 1. The Morgan fingerprint density at radius 3 is 2.45 bits per heavy atom. The van der Waals surface area contributed by atoms with Crippen LogP contribution in [0.4, 0.5) is 5.69 Å². The molecular weight excluding hydrogens is 390 g/mol. The molecule has 0 aliphatic carbocycles. The molecule has 148 valence electrons. The molecule has 0 saturated carbocycles. The molecule has 0 saturated heterocycles. The molecule has 0 radical (unpaired) electrons. The van der Waals surface area contributed by atoms with Gasteiger partial charge in [-0.2, -0.15) is 0 Å². The van der Waals surface area contributed by atoms with Gasteiger partial charge in [-0.3, -0.25) is 19.0 Å². The molecule has 29 heavy (non-hydrogen) atoms. The molecule has 2 aromatic carbocycles. The van der Waals surface area contributed by atoms with E-state index in [1.165, 1.54) is 27.7 Å². The zero-order valence-corrected chi connectivity index (χ0v) is 16.6. The lowest BCUT2D eigenvalue weighted by Crippen LogP contribution is -2.37. The third-order valence-corrected chi connectivity index (χ3v) is 4.67. The number of rotatable bonds is 6. The minimum absolute atomic E-state index is 0.120. The second-order valence-corrected chi connectivity index (χ2v) is 6.87. The van der Waals surface area contributed by atoms with Crippen molar-refractivity contribution in [2.24, 2.45) is 0 Å². The fourth-order valence-electron chi connectivity index (χ4n) is 2.84. The summed E-state index contributed by atoms with van der Waals surface area (Å²) in [6, 6.07) is 20.6. The predicted octanol–water partition coefficient (Wildman–Crippen LogP) is 3.09. The Morgan fingerprint density at radius 2 is 1.72 bits per heavy atom. The van der Waals surface area contributed by atoms with Gasteiger partial charge in [0.05, 0.1) is 0 Å². The quantitative estimate of drug-likeness (QED) is 0.680. The maximum Gasteiger partial charge on any atom is 0.268 e. The summed E-state index contributed by atoms with van der Waals surface area (Å²) in [7, 11) is 1.63. The Kier molecular flexibility index (Phi) is 6.46. The lowest BCUT2D eigenvalue weighted by atomic mass is 10.2. The van der Waals surface area contributed by atoms with Gasteiger partial charge in [-0.1, -0.05) is 48.0 Å². The first kappa shape index (κ1) is 20.4. The van der Waals surface area contributed by atoms with Gasteiger partial charge in [-0.15, -0.1) is 0 Å². The first-order valence-electron chi connectivity index (χ1n) is 9.00. The smallest absolute Gasteiger partial charge is 0.268 e. The number of nitrogens with one attached hydrogen (secondary N) is 1. The van der Waals surface area contributed by atoms with E-state index in [0.717, 1.165) is 5.56 Å². The van der Waals surface area contributed by atoms with E-state index in [0.29, 0.717) is 10.7 Å². The number of pyridine rings is 1. The monoisotopic (exact) mass is 409 g/mol. The second kappa shape index (κ2) is 9.21. The summed E-state index contributed by atoms with van der Waals surface area (Å²) in [5.74, 6) is -0.758. The van der Waals surface area contributed by atoms with Crippen LogP contribution in [0.2, 0.25) is 5.02 Å². The summed E-state index contributed by atoms with van der Waals surface area (Å²) in [6.45, 7) is 0.00529. The van der Waals surface area contributed by atoms with Crippen LogP contribution >= 0.6 is 11.6 Å². The van der Waals surface area contributed by atoms with E-state index in [4.69, 9.17) is 11.6 Å². The first-order chi connectivity index (χ1) is 14.0. The summed E-state index contributed by atoms with van der Waals surface area (Å²) in [6.07, 6.45) is 0. The third kappa shape index (κ3) is 5.12. The van der Waals surface area contributed by atoms with Crippen molar-refractivity contribution in [1.29, 1.82) is 0 Å². The van der Waals surface area contributed by atoms with Gasteiger partial charge in [0.15, 0.2) is 0 Å². The highest BCUT2D eigenvalue weighted by molar-refractivity contribution is 6.30. The lowest BCUT2D eigenvalue weighted by Gasteiger charge is -2.19. The van der Waals surface area contributed by atoms with Gasteiger partial charge in [0, 0.05) is 30.4 Å². The molecule has 2 amide bonds. The fraction of sp³-hybridized carbons (Fsp3) is 0.136. The van der Waals surface area contributed by atoms with Gasteiger partial charge in [-0.05, 0) is 35.9 Å². The van der Waals surface area contributed by atoms with Crippen LogP contribution in [0.5, 0.6) is 0 Å². The van der Waals surface area contributed by atoms with E-state index < -0.39 is 11.5 Å². The average molecular weight is 410 g/mol. The normalized spacial score (nSPS) is 10.4. The maximum atomic E-state index is 12.7. The topological polar surface area (TPSA) is 71.4 Å². The van der Waals surface area contributed by atoms with E-state index in [-0.39, 0.29) is 24.7 Å². The van der Waals surface area contributed by atoms with Crippen molar-refractivity contribution in [2.75, 3.05) is 11.9 Å². The number of nitrogens with zero attached hydrogens (tertiary/aromatic N) is 2. The van der Waals surface area contributed by atoms with Gasteiger partial charge in [0.2, 0.25) is 5.91 Å². The number of carbonyl (C=O) groups excluding carboxylic acids is 2. The summed E-state index contributed by atoms with van der Waals surface area (Å²) >= 11 is 5.96. The molecule has 3 rings (SSSR count). The number of halogens is 1. The number of aromatic nitrogens is 1. The highest BCUT2D eigenvalue weighted by Crippen LogP contribution is 2.12. The molecule has 7 heteroatoms. The molecular formula is C22H20ClN3O3. The summed E-state index contributed by atoms with van der Waals surface area (Å²) in [5.41, 5.74) is 1.23. The number of para-hydroxylation sites is 1. The summed E-state index contributed by atoms with van der Waals surface area (Å²) < 4.78 is 1.18. The molecule has 1 heterocycles. The molecule has 0 spiro atoms. The highest BCUT2D eigenvalue weighted by atomic mass is 35.5. The van der Waals surface area contributed by atoms with Crippen LogP contribution in [-0.2, 0) is 17.9 Å². The Morgan fingerprint density at radius 1 is 1.00 bits per heavy atom. The van der Waals surface area contributed by atoms with Crippen LogP contribution in [0.1, 0.15) is 16.1 Å². The van der Waals surface area contributed by atoms with Crippen molar-refractivity contribution in [3.63, 3.8) is 0 Å². The molecule has 0 aliphatic rings. The molecule has 0 aliphatic heterocycles. The molecule has 1 N–H and O–H groups in total. The predicted molar refractivity (Wildman–Crippen MR) is 113 cm³/mol. The average Bonchev–Trinajstić information content (AvgIpc) is 2.73. The molecule has 0 bridgehead atoms. The summed E-state index contributed by atoms with van der Waals surface area (Å²) in [4.78, 5) is 39.1. The zero-order valence-electron chi connectivity index (χ0n) is 15.8. The van der Waals surface area contributed by atoms with Gasteiger partial charge >= 0.3 is 0 Å². The van der Waals surface area contributed by atoms with Crippen molar-refractivity contribution >= 4 is 29.1 Å². The van der Waals surface area contributed by atoms with Crippen molar-refractivity contribution < 1.29 is 9.59 Å². The summed E-state index contributed by atoms with van der Waals surface area (Å²) in [5, 5.41) is 3.33. The van der Waals surface area contributed by atoms with Crippen LogP contribution in [0.15, 0.2) is 77.6 Å². The van der Waals surface area contributed by atoms with Crippen molar-refractivity contribution in [3.05, 3.63) is 99.4 Å². The number of carbonyl (C=O) groups is 2. The number of amides is 2. The third-order valence-electron chi connectivity index (χ3n) is 4.44. The van der Waals surface area contributed by atoms with Gasteiger partial charge in [0.25, 0.3) is 11.5 Å². The van der Waals surface area contributed by atoms with E-state index >= 15 is 0 Å². The van der Waals surface area contributed by atoms with Crippen LogP contribution in [0.3, 0.4) is 0 Å². The lowest BCUT2D eigenvalue weighted by molar-refractivity contribution is -0.118.